The first-order valence-electron chi connectivity index (χ1n) is 8.45. The van der Waals surface area contributed by atoms with E-state index in [9.17, 15) is 14.9 Å². The van der Waals surface area contributed by atoms with E-state index < -0.39 is 4.92 Å². The van der Waals surface area contributed by atoms with Gasteiger partial charge in [0.25, 0.3) is 5.91 Å². The number of nitro groups is 1. The fourth-order valence-corrected chi connectivity index (χ4v) is 2.73. The van der Waals surface area contributed by atoms with Gasteiger partial charge in [0, 0.05) is 23.4 Å². The Labute approximate surface area is 152 Å². The molecule has 2 aromatic carbocycles. The molecule has 0 bridgehead atoms. The minimum Gasteiger partial charge on any atom is -0.490 e. The summed E-state index contributed by atoms with van der Waals surface area (Å²) in [5, 5.41) is 13.9. The number of hydrogen-bond donors (Lipinski definition) is 2. The normalized spacial score (nSPS) is 11.7. The van der Waals surface area contributed by atoms with Gasteiger partial charge in [-0.25, -0.2) is 0 Å². The lowest BCUT2D eigenvalue weighted by molar-refractivity contribution is -0.903. The number of quaternary nitrogens is 1. The number of rotatable bonds is 8. The summed E-state index contributed by atoms with van der Waals surface area (Å²) in [5.41, 5.74) is 2.19. The van der Waals surface area contributed by atoms with E-state index in [2.05, 4.69) is 5.32 Å². The van der Waals surface area contributed by atoms with E-state index in [1.54, 1.807) is 6.92 Å². The maximum Gasteiger partial charge on any atom is 0.311 e. The molecule has 138 valence electrons. The van der Waals surface area contributed by atoms with Gasteiger partial charge in [0.15, 0.2) is 12.3 Å². The summed E-state index contributed by atoms with van der Waals surface area (Å²) < 4.78 is 5.07. The Morgan fingerprint density at radius 1 is 1.27 bits per heavy atom. The maximum atomic E-state index is 12.4. The van der Waals surface area contributed by atoms with Crippen molar-refractivity contribution in [2.24, 2.45) is 0 Å². The molecular weight excluding hydrogens is 334 g/mol. The van der Waals surface area contributed by atoms with Gasteiger partial charge in [0.05, 0.1) is 18.6 Å². The molecule has 2 rings (SSSR count). The number of benzene rings is 2. The first-order valence-corrected chi connectivity index (χ1v) is 8.45. The van der Waals surface area contributed by atoms with Crippen molar-refractivity contribution in [2.75, 3.05) is 25.5 Å². The SMILES string of the molecule is CC[NH+](CC(=O)Nc1cc(OC)c([N+](=O)[O-])cc1C)Cc1ccccc1. The average molecular weight is 358 g/mol. The third-order valence-corrected chi connectivity index (χ3v) is 4.20. The van der Waals surface area contributed by atoms with Crippen LogP contribution in [-0.2, 0) is 11.3 Å². The number of carbonyl (C=O) groups is 1. The van der Waals surface area contributed by atoms with Gasteiger partial charge >= 0.3 is 5.69 Å². The van der Waals surface area contributed by atoms with E-state index >= 15 is 0 Å². The highest BCUT2D eigenvalue weighted by Gasteiger charge is 2.19. The van der Waals surface area contributed by atoms with Crippen LogP contribution < -0.4 is 15.0 Å². The molecule has 7 heteroatoms. The van der Waals surface area contributed by atoms with Gasteiger partial charge in [-0.15, -0.1) is 0 Å². The Morgan fingerprint density at radius 3 is 2.54 bits per heavy atom. The third kappa shape index (κ3) is 5.03. The van der Waals surface area contributed by atoms with Crippen molar-refractivity contribution in [3.05, 3.63) is 63.7 Å². The number of ether oxygens (including phenoxy) is 1. The van der Waals surface area contributed by atoms with E-state index in [0.29, 0.717) is 17.8 Å². The van der Waals surface area contributed by atoms with Gasteiger partial charge in [-0.1, -0.05) is 30.3 Å². The van der Waals surface area contributed by atoms with Gasteiger partial charge in [-0.3, -0.25) is 14.9 Å². The van der Waals surface area contributed by atoms with Crippen molar-refractivity contribution >= 4 is 17.3 Å². The van der Waals surface area contributed by atoms with Crippen LogP contribution in [0.25, 0.3) is 0 Å². The average Bonchev–Trinajstić information content (AvgIpc) is 2.63. The molecule has 0 fully saturated rings. The Morgan fingerprint density at radius 2 is 1.96 bits per heavy atom. The molecular formula is C19H24N3O4+. The van der Waals surface area contributed by atoms with E-state index in [-0.39, 0.29) is 17.3 Å². The van der Waals surface area contributed by atoms with Gasteiger partial charge in [-0.2, -0.15) is 0 Å². The molecule has 0 spiro atoms. The fourth-order valence-electron chi connectivity index (χ4n) is 2.73. The number of carbonyl (C=O) groups excluding carboxylic acids is 1. The highest BCUT2D eigenvalue weighted by Crippen LogP contribution is 2.32. The van der Waals surface area contributed by atoms with Crippen LogP contribution in [0.4, 0.5) is 11.4 Å². The lowest BCUT2D eigenvalue weighted by Crippen LogP contribution is -3.11. The number of hydrogen-bond acceptors (Lipinski definition) is 4. The second-order valence-electron chi connectivity index (χ2n) is 6.09. The van der Waals surface area contributed by atoms with Gasteiger partial charge < -0.3 is 15.0 Å². The molecule has 26 heavy (non-hydrogen) atoms. The molecule has 1 atom stereocenters. The zero-order chi connectivity index (χ0) is 19.1. The minimum absolute atomic E-state index is 0.118. The Balaban J connectivity index is 2.07. The number of nitrogens with zero attached hydrogens (tertiary/aromatic N) is 1. The summed E-state index contributed by atoms with van der Waals surface area (Å²) in [7, 11) is 1.37. The lowest BCUT2D eigenvalue weighted by Gasteiger charge is -2.18. The van der Waals surface area contributed by atoms with E-state index in [0.717, 1.165) is 18.0 Å². The van der Waals surface area contributed by atoms with Crippen molar-refractivity contribution in [2.45, 2.75) is 20.4 Å². The van der Waals surface area contributed by atoms with Crippen molar-refractivity contribution in [1.82, 2.24) is 0 Å². The second kappa shape index (κ2) is 8.96. The molecule has 1 amide bonds. The first-order chi connectivity index (χ1) is 12.4. The van der Waals surface area contributed by atoms with Crippen LogP contribution in [-0.4, -0.2) is 31.0 Å². The minimum atomic E-state index is -0.500. The summed E-state index contributed by atoms with van der Waals surface area (Å²) in [6.45, 7) is 5.63. The van der Waals surface area contributed by atoms with Crippen molar-refractivity contribution in [3.8, 4) is 5.75 Å². The molecule has 1 unspecified atom stereocenters. The summed E-state index contributed by atoms with van der Waals surface area (Å²) >= 11 is 0. The van der Waals surface area contributed by atoms with E-state index in [1.165, 1.54) is 24.8 Å². The summed E-state index contributed by atoms with van der Waals surface area (Å²) in [6, 6.07) is 12.9. The molecule has 2 N–H and O–H groups in total. The summed E-state index contributed by atoms with van der Waals surface area (Å²) in [5.74, 6) is -0.0170. The fraction of sp³-hybridized carbons (Fsp3) is 0.316. The summed E-state index contributed by atoms with van der Waals surface area (Å²) in [4.78, 5) is 24.1. The van der Waals surface area contributed by atoms with Crippen LogP contribution in [0.2, 0.25) is 0 Å². The van der Waals surface area contributed by atoms with Crippen molar-refractivity contribution in [1.29, 1.82) is 0 Å². The molecule has 0 aliphatic rings. The smallest absolute Gasteiger partial charge is 0.311 e. The van der Waals surface area contributed by atoms with Gasteiger partial charge in [-0.05, 0) is 19.4 Å². The van der Waals surface area contributed by atoms with Gasteiger partial charge in [0.1, 0.15) is 6.54 Å². The van der Waals surface area contributed by atoms with Crippen molar-refractivity contribution < 1.29 is 19.4 Å². The third-order valence-electron chi connectivity index (χ3n) is 4.20. The predicted molar refractivity (Wildman–Crippen MR) is 99.5 cm³/mol. The number of methoxy groups -OCH3 is 1. The molecule has 0 saturated carbocycles. The topological polar surface area (TPSA) is 85.9 Å². The van der Waals surface area contributed by atoms with Crippen LogP contribution >= 0.6 is 0 Å². The number of nitro benzene ring substituents is 1. The number of amides is 1. The number of nitrogens with one attached hydrogen (secondary N) is 2. The zero-order valence-electron chi connectivity index (χ0n) is 15.2. The standard InChI is InChI=1S/C19H23N3O4/c1-4-21(12-15-8-6-5-7-9-15)13-19(23)20-16-11-18(26-3)17(22(24)25)10-14(16)2/h5-11H,4,12-13H2,1-3H3,(H,20,23)/p+1. The van der Waals surface area contributed by atoms with Crippen LogP contribution in [0.3, 0.4) is 0 Å². The van der Waals surface area contributed by atoms with Gasteiger partial charge in [0.2, 0.25) is 0 Å². The molecule has 0 saturated heterocycles. The molecule has 0 radical (unpaired) electrons. The molecule has 7 nitrogen and oxygen atoms in total. The number of likely N-dealkylation sites (N-methyl/N-ethyl adjacent to an activating group) is 1. The van der Waals surface area contributed by atoms with E-state index in [4.69, 9.17) is 4.74 Å². The van der Waals surface area contributed by atoms with Crippen LogP contribution in [0.1, 0.15) is 18.1 Å². The van der Waals surface area contributed by atoms with E-state index in [1.807, 2.05) is 37.3 Å². The Bertz CT molecular complexity index is 778. The first kappa shape index (κ1) is 19.4. The quantitative estimate of drug-likeness (QED) is 0.558. The second-order valence-corrected chi connectivity index (χ2v) is 6.09. The Hall–Kier alpha value is -2.93. The van der Waals surface area contributed by atoms with Crippen LogP contribution in [0.15, 0.2) is 42.5 Å². The number of aryl methyl sites for hydroxylation is 1. The Kier molecular flexibility index (Phi) is 6.68. The summed E-state index contributed by atoms with van der Waals surface area (Å²) in [6.07, 6.45) is 0. The van der Waals surface area contributed by atoms with Crippen LogP contribution in [0, 0.1) is 17.0 Å². The predicted octanol–water partition coefficient (Wildman–Crippen LogP) is 1.96. The number of anilines is 1. The molecule has 0 aliphatic heterocycles. The lowest BCUT2D eigenvalue weighted by atomic mass is 10.1. The highest BCUT2D eigenvalue weighted by atomic mass is 16.6. The largest absolute Gasteiger partial charge is 0.490 e. The maximum absolute atomic E-state index is 12.4. The molecule has 0 aromatic heterocycles. The van der Waals surface area contributed by atoms with Crippen molar-refractivity contribution in [3.63, 3.8) is 0 Å². The monoisotopic (exact) mass is 358 g/mol. The molecule has 0 aliphatic carbocycles. The highest BCUT2D eigenvalue weighted by molar-refractivity contribution is 5.92. The molecule has 0 heterocycles. The van der Waals surface area contributed by atoms with Crippen LogP contribution in [0.5, 0.6) is 5.75 Å². The molecule has 2 aromatic rings. The zero-order valence-corrected chi connectivity index (χ0v) is 15.2.